The number of fused-ring (bicyclic) bond motifs is 1. The molecule has 0 aromatic heterocycles. The summed E-state index contributed by atoms with van der Waals surface area (Å²) < 4.78 is 48.3. The molecule has 0 unspecified atom stereocenters. The van der Waals surface area contributed by atoms with E-state index in [1.165, 1.54) is 33.5 Å². The summed E-state index contributed by atoms with van der Waals surface area (Å²) in [4.78, 5) is 14.5. The van der Waals surface area contributed by atoms with Crippen molar-refractivity contribution in [2.75, 3.05) is 26.7 Å². The number of ether oxygens (including phenoxy) is 1. The Hall–Kier alpha value is -2.75. The summed E-state index contributed by atoms with van der Waals surface area (Å²) in [5, 5.41) is 9.81. The first-order valence-electron chi connectivity index (χ1n) is 12.3. The van der Waals surface area contributed by atoms with Crippen molar-refractivity contribution in [2.45, 2.75) is 50.2 Å². The molecule has 9 heteroatoms. The molecule has 1 heterocycles. The standard InChI is InChI=1S/C27H33FN2O5S/c1-18-15-30(19(2)17-31)36(33,34)26-13-10-22(20-6-4-5-7-20)14-24(26)35-25(18)16-29(3)27(32)21-8-11-23(28)12-9-21/h6,8-14,18-19,25,31H,4-5,7,15-17H2,1-3H3/t18-,19-,25-/m0/s1. The van der Waals surface area contributed by atoms with Crippen LogP contribution in [-0.4, -0.2) is 67.5 Å². The van der Waals surface area contributed by atoms with Crippen molar-refractivity contribution in [1.82, 2.24) is 9.21 Å². The van der Waals surface area contributed by atoms with E-state index in [9.17, 15) is 22.7 Å². The van der Waals surface area contributed by atoms with E-state index in [1.807, 2.05) is 13.0 Å². The van der Waals surface area contributed by atoms with Crippen LogP contribution in [-0.2, 0) is 10.0 Å². The van der Waals surface area contributed by atoms with Crippen LogP contribution in [0.2, 0.25) is 0 Å². The molecule has 0 bridgehead atoms. The molecule has 194 valence electrons. The molecule has 1 N–H and O–H groups in total. The number of carbonyl (C=O) groups is 1. The van der Waals surface area contributed by atoms with Crippen LogP contribution in [0.25, 0.3) is 5.57 Å². The van der Waals surface area contributed by atoms with Crippen molar-refractivity contribution in [2.24, 2.45) is 5.92 Å². The van der Waals surface area contributed by atoms with Crippen molar-refractivity contribution >= 4 is 21.5 Å². The predicted octanol–water partition coefficient (Wildman–Crippen LogP) is 3.93. The van der Waals surface area contributed by atoms with Gasteiger partial charge in [0.25, 0.3) is 5.91 Å². The maximum Gasteiger partial charge on any atom is 0.253 e. The Morgan fingerprint density at radius 1 is 1.25 bits per heavy atom. The highest BCUT2D eigenvalue weighted by Crippen LogP contribution is 2.37. The fourth-order valence-corrected chi connectivity index (χ4v) is 6.57. The molecule has 36 heavy (non-hydrogen) atoms. The number of amides is 1. The summed E-state index contributed by atoms with van der Waals surface area (Å²) in [6.07, 6.45) is 4.62. The Labute approximate surface area is 212 Å². The Balaban J connectivity index is 1.70. The van der Waals surface area contributed by atoms with Gasteiger partial charge in [0, 0.05) is 31.1 Å². The monoisotopic (exact) mass is 516 g/mol. The van der Waals surface area contributed by atoms with E-state index in [1.54, 1.807) is 26.1 Å². The van der Waals surface area contributed by atoms with Crippen molar-refractivity contribution in [3.05, 3.63) is 65.5 Å². The van der Waals surface area contributed by atoms with Crippen LogP contribution >= 0.6 is 0 Å². The number of benzene rings is 2. The molecule has 4 rings (SSSR count). The maximum absolute atomic E-state index is 13.6. The van der Waals surface area contributed by atoms with Gasteiger partial charge in [0.05, 0.1) is 13.2 Å². The van der Waals surface area contributed by atoms with E-state index in [2.05, 4.69) is 6.08 Å². The van der Waals surface area contributed by atoms with E-state index in [-0.39, 0.29) is 42.2 Å². The number of carbonyl (C=O) groups excluding carboxylic acids is 1. The van der Waals surface area contributed by atoms with Gasteiger partial charge < -0.3 is 14.7 Å². The lowest BCUT2D eigenvalue weighted by molar-refractivity contribution is 0.0563. The average Bonchev–Trinajstić information content (AvgIpc) is 3.40. The molecule has 3 atom stereocenters. The van der Waals surface area contributed by atoms with E-state index in [0.29, 0.717) is 5.56 Å². The van der Waals surface area contributed by atoms with Crippen LogP contribution in [0.15, 0.2) is 53.4 Å². The number of hydrogen-bond donors (Lipinski definition) is 1. The molecular formula is C27H33FN2O5S. The van der Waals surface area contributed by atoms with Gasteiger partial charge in [-0.2, -0.15) is 4.31 Å². The van der Waals surface area contributed by atoms with Gasteiger partial charge in [0.15, 0.2) is 0 Å². The lowest BCUT2D eigenvalue weighted by atomic mass is 10.0. The first kappa shape index (κ1) is 26.3. The summed E-state index contributed by atoms with van der Waals surface area (Å²) in [6, 6.07) is 9.89. The highest BCUT2D eigenvalue weighted by Gasteiger charge is 2.38. The van der Waals surface area contributed by atoms with E-state index in [4.69, 9.17) is 4.74 Å². The summed E-state index contributed by atoms with van der Waals surface area (Å²) in [6.45, 7) is 3.55. The van der Waals surface area contributed by atoms with Crippen LogP contribution in [0.4, 0.5) is 4.39 Å². The number of aliphatic hydroxyl groups is 1. The summed E-state index contributed by atoms with van der Waals surface area (Å²) >= 11 is 0. The molecule has 0 fully saturated rings. The molecule has 2 aromatic rings. The smallest absolute Gasteiger partial charge is 0.253 e. The first-order valence-corrected chi connectivity index (χ1v) is 13.7. The van der Waals surface area contributed by atoms with Crippen LogP contribution in [0.5, 0.6) is 5.75 Å². The third-order valence-corrected chi connectivity index (χ3v) is 8.99. The van der Waals surface area contributed by atoms with E-state index in [0.717, 1.165) is 30.4 Å². The number of sulfonamides is 1. The fraction of sp³-hybridized carbons (Fsp3) is 0.444. The number of aliphatic hydroxyl groups excluding tert-OH is 1. The van der Waals surface area contributed by atoms with Crippen LogP contribution in [0.3, 0.4) is 0 Å². The van der Waals surface area contributed by atoms with Gasteiger partial charge in [-0.15, -0.1) is 0 Å². The minimum absolute atomic E-state index is 0.0505. The highest BCUT2D eigenvalue weighted by molar-refractivity contribution is 7.89. The van der Waals surface area contributed by atoms with Gasteiger partial charge in [-0.25, -0.2) is 12.8 Å². The minimum atomic E-state index is -3.93. The minimum Gasteiger partial charge on any atom is -0.487 e. The van der Waals surface area contributed by atoms with Gasteiger partial charge in [-0.05, 0) is 73.7 Å². The normalized spacial score (nSPS) is 22.5. The average molecular weight is 517 g/mol. The van der Waals surface area contributed by atoms with Crippen molar-refractivity contribution in [3.8, 4) is 5.75 Å². The van der Waals surface area contributed by atoms with Gasteiger partial charge in [0.1, 0.15) is 22.6 Å². The van der Waals surface area contributed by atoms with Crippen LogP contribution in [0, 0.1) is 11.7 Å². The Bertz CT molecular complexity index is 1250. The molecule has 1 aliphatic heterocycles. The summed E-state index contributed by atoms with van der Waals surface area (Å²) in [5.41, 5.74) is 2.44. The van der Waals surface area contributed by atoms with Gasteiger partial charge in [-0.1, -0.05) is 19.1 Å². The molecule has 7 nitrogen and oxygen atoms in total. The van der Waals surface area contributed by atoms with Crippen molar-refractivity contribution < 1.29 is 27.4 Å². The molecule has 0 radical (unpaired) electrons. The number of halogens is 1. The zero-order valence-corrected chi connectivity index (χ0v) is 21.7. The van der Waals surface area contributed by atoms with E-state index < -0.39 is 28.0 Å². The zero-order chi connectivity index (χ0) is 26.0. The number of nitrogens with zero attached hydrogens (tertiary/aromatic N) is 2. The number of likely N-dealkylation sites (N-methyl/N-ethyl adjacent to an activating group) is 1. The molecule has 1 aliphatic carbocycles. The van der Waals surface area contributed by atoms with Gasteiger partial charge in [-0.3, -0.25) is 4.79 Å². The van der Waals surface area contributed by atoms with Gasteiger partial charge in [0.2, 0.25) is 10.0 Å². The second-order valence-electron chi connectivity index (χ2n) is 9.72. The molecule has 0 saturated carbocycles. The zero-order valence-electron chi connectivity index (χ0n) is 20.9. The van der Waals surface area contributed by atoms with Crippen LogP contribution in [0.1, 0.15) is 49.0 Å². The molecule has 0 spiro atoms. The highest BCUT2D eigenvalue weighted by atomic mass is 32.2. The third-order valence-electron chi connectivity index (χ3n) is 6.97. The third kappa shape index (κ3) is 5.33. The number of hydrogen-bond acceptors (Lipinski definition) is 5. The second kappa shape index (κ2) is 10.7. The Kier molecular flexibility index (Phi) is 7.82. The topological polar surface area (TPSA) is 87.2 Å². The molecule has 2 aliphatic rings. The molecule has 1 amide bonds. The van der Waals surface area contributed by atoms with Gasteiger partial charge >= 0.3 is 0 Å². The van der Waals surface area contributed by atoms with E-state index >= 15 is 0 Å². The summed E-state index contributed by atoms with van der Waals surface area (Å²) in [7, 11) is -2.28. The lowest BCUT2D eigenvalue weighted by Crippen LogP contribution is -2.50. The van der Waals surface area contributed by atoms with Crippen molar-refractivity contribution in [1.29, 1.82) is 0 Å². The molecule has 0 saturated heterocycles. The Morgan fingerprint density at radius 2 is 1.97 bits per heavy atom. The molecule has 2 aromatic carbocycles. The quantitative estimate of drug-likeness (QED) is 0.629. The predicted molar refractivity (Wildman–Crippen MR) is 136 cm³/mol. The fourth-order valence-electron chi connectivity index (χ4n) is 4.74. The number of rotatable bonds is 6. The maximum atomic E-state index is 13.6. The second-order valence-corrected chi connectivity index (χ2v) is 11.6. The van der Waals surface area contributed by atoms with Crippen LogP contribution < -0.4 is 4.74 Å². The van der Waals surface area contributed by atoms with Crippen molar-refractivity contribution in [3.63, 3.8) is 0 Å². The largest absolute Gasteiger partial charge is 0.487 e. The summed E-state index contributed by atoms with van der Waals surface area (Å²) in [5.74, 6) is -0.754. The first-order chi connectivity index (χ1) is 17.1. The molecular weight excluding hydrogens is 483 g/mol. The SMILES string of the molecule is C[C@H]1CN([C@@H](C)CO)S(=O)(=O)c2ccc(C3=CCCC3)cc2O[C@H]1CN(C)C(=O)c1ccc(F)cc1. The number of allylic oxidation sites excluding steroid dienone is 2. The Morgan fingerprint density at radius 3 is 2.61 bits per heavy atom. The lowest BCUT2D eigenvalue weighted by Gasteiger charge is -2.37.